The van der Waals surface area contributed by atoms with Crippen LogP contribution in [0.3, 0.4) is 0 Å². The first-order valence-electron chi connectivity index (χ1n) is 14.5. The summed E-state index contributed by atoms with van der Waals surface area (Å²) in [6, 6.07) is 18.2. The summed E-state index contributed by atoms with van der Waals surface area (Å²) in [4.78, 5) is 15.7. The molecular formula is C33H34N4O4. The Bertz CT molecular complexity index is 1650. The van der Waals surface area contributed by atoms with E-state index >= 15 is 0 Å². The van der Waals surface area contributed by atoms with Crippen molar-refractivity contribution in [3.63, 3.8) is 0 Å². The van der Waals surface area contributed by atoms with E-state index in [1.807, 2.05) is 48.2 Å². The molecule has 0 radical (unpaired) electrons. The molecule has 1 fully saturated rings. The Morgan fingerprint density at radius 1 is 1.02 bits per heavy atom. The molecule has 1 amide bonds. The Hall–Kier alpha value is -4.01. The molecular weight excluding hydrogens is 516 g/mol. The van der Waals surface area contributed by atoms with Crippen LogP contribution in [0, 0.1) is 19.1 Å². The first kappa shape index (κ1) is 25.9. The molecule has 0 atom stereocenters. The zero-order valence-corrected chi connectivity index (χ0v) is 23.8. The molecule has 0 aliphatic carbocycles. The number of likely N-dealkylation sites (tertiary alicyclic amines) is 1. The van der Waals surface area contributed by atoms with Crippen molar-refractivity contribution in [1.29, 1.82) is 0 Å². The molecule has 3 aliphatic rings. The topological polar surface area (TPSA) is 91.5 Å². The number of hydroxylamine groups is 3. The lowest BCUT2D eigenvalue weighted by Crippen LogP contribution is -2.53. The minimum Gasteiger partial charge on any atom is -0.633 e. The van der Waals surface area contributed by atoms with Crippen LogP contribution in [0.25, 0.3) is 22.6 Å². The van der Waals surface area contributed by atoms with E-state index in [1.54, 1.807) is 6.92 Å². The Labute approximate surface area is 239 Å². The highest BCUT2D eigenvalue weighted by Gasteiger charge is 2.47. The van der Waals surface area contributed by atoms with Crippen LogP contribution in [0.2, 0.25) is 0 Å². The summed E-state index contributed by atoms with van der Waals surface area (Å²) in [5.74, 6) is 1.98. The smallest absolute Gasteiger partial charge is 0.258 e. The number of carbonyl (C=O) groups excluding carboxylic acids is 1. The van der Waals surface area contributed by atoms with Gasteiger partial charge in [-0.1, -0.05) is 18.2 Å². The molecule has 1 spiro atoms. The minimum atomic E-state index is -0.125. The second kappa shape index (κ2) is 9.53. The van der Waals surface area contributed by atoms with Gasteiger partial charge in [0, 0.05) is 54.1 Å². The van der Waals surface area contributed by atoms with Gasteiger partial charge >= 0.3 is 0 Å². The number of hydrogen-bond acceptors (Lipinski definition) is 6. The van der Waals surface area contributed by atoms with Gasteiger partial charge in [-0.2, -0.15) is 0 Å². The molecule has 8 nitrogen and oxygen atoms in total. The molecule has 3 aromatic carbocycles. The molecule has 8 heteroatoms. The van der Waals surface area contributed by atoms with E-state index in [4.69, 9.17) is 9.15 Å². The van der Waals surface area contributed by atoms with Crippen molar-refractivity contribution >= 4 is 11.6 Å². The van der Waals surface area contributed by atoms with Gasteiger partial charge in [0.2, 0.25) is 11.8 Å². The number of rotatable bonds is 4. The van der Waals surface area contributed by atoms with Crippen LogP contribution in [0.15, 0.2) is 59.0 Å². The van der Waals surface area contributed by atoms with Crippen LogP contribution in [0.5, 0.6) is 5.75 Å². The van der Waals surface area contributed by atoms with Gasteiger partial charge in [0.1, 0.15) is 5.75 Å². The summed E-state index contributed by atoms with van der Waals surface area (Å²) in [7, 11) is 0. The second-order valence-corrected chi connectivity index (χ2v) is 11.8. The average Bonchev–Trinajstić information content (AvgIpc) is 3.71. The Kier molecular flexibility index (Phi) is 6.03. The highest BCUT2D eigenvalue weighted by atomic mass is 16.5. The Balaban J connectivity index is 1.12. The number of aromatic nitrogens is 2. The fraction of sp³-hybridized carbons (Fsp3) is 0.364. The Morgan fingerprint density at radius 2 is 1.78 bits per heavy atom. The average molecular weight is 551 g/mol. The summed E-state index contributed by atoms with van der Waals surface area (Å²) in [6.45, 7) is 8.93. The fourth-order valence-electron chi connectivity index (χ4n) is 6.74. The van der Waals surface area contributed by atoms with E-state index in [-0.39, 0.29) is 16.0 Å². The lowest BCUT2D eigenvalue weighted by Gasteiger charge is -2.49. The normalized spacial score (nSPS) is 23.0. The van der Waals surface area contributed by atoms with Crippen molar-refractivity contribution in [3.05, 3.63) is 87.9 Å². The number of benzene rings is 3. The lowest BCUT2D eigenvalue weighted by atomic mass is 9.74. The number of nitrogens with zero attached hydrogens (tertiary/aromatic N) is 4. The van der Waals surface area contributed by atoms with E-state index < -0.39 is 0 Å². The highest BCUT2D eigenvalue weighted by Crippen LogP contribution is 2.49. The van der Waals surface area contributed by atoms with Crippen LogP contribution < -0.4 is 9.64 Å². The van der Waals surface area contributed by atoms with Crippen molar-refractivity contribution in [2.24, 2.45) is 0 Å². The quantitative estimate of drug-likeness (QED) is 0.229. The third kappa shape index (κ3) is 4.33. The van der Waals surface area contributed by atoms with E-state index in [1.165, 1.54) is 5.56 Å². The van der Waals surface area contributed by atoms with Crippen molar-refractivity contribution in [2.45, 2.75) is 45.4 Å². The number of quaternary nitrogens is 1. The summed E-state index contributed by atoms with van der Waals surface area (Å²) in [5, 5.41) is 20.9. The molecule has 0 saturated carbocycles. The SMILES string of the molecule is CC[N+]1([O-])CCC2(CC1)COc1cc3c(cc12)N(C(=O)c1ccc(-c2ccc(-c4nnc(C)o4)cc2C)cc1)CC3. The fourth-order valence-corrected chi connectivity index (χ4v) is 6.74. The van der Waals surface area contributed by atoms with Crippen LogP contribution in [0.4, 0.5) is 5.69 Å². The van der Waals surface area contributed by atoms with Gasteiger partial charge in [-0.15, -0.1) is 10.2 Å². The molecule has 0 bridgehead atoms. The molecule has 1 saturated heterocycles. The van der Waals surface area contributed by atoms with Crippen molar-refractivity contribution in [2.75, 3.05) is 37.7 Å². The van der Waals surface area contributed by atoms with Gasteiger partial charge in [-0.3, -0.25) is 4.79 Å². The molecule has 0 unspecified atom stereocenters. The maximum atomic E-state index is 13.7. The monoisotopic (exact) mass is 550 g/mol. The number of fused-ring (bicyclic) bond motifs is 3. The van der Waals surface area contributed by atoms with Crippen LogP contribution in [-0.2, 0) is 11.8 Å². The zero-order valence-electron chi connectivity index (χ0n) is 23.8. The first-order chi connectivity index (χ1) is 19.8. The van der Waals surface area contributed by atoms with Gasteiger partial charge < -0.3 is 23.9 Å². The zero-order chi connectivity index (χ0) is 28.4. The summed E-state index contributed by atoms with van der Waals surface area (Å²) in [6.07, 6.45) is 2.45. The standard InChI is InChI=1S/C33H34N4O4/c1-4-37(39)15-12-33(13-16-37)20-40-30-18-25-11-14-36(29(25)19-28(30)33)32(38)24-7-5-23(6-8-24)27-10-9-26(17-21(27)2)31-35-34-22(3)41-31/h5-10,17-19H,4,11-16,20H2,1-3H3. The van der Waals surface area contributed by atoms with E-state index in [2.05, 4.69) is 35.3 Å². The Morgan fingerprint density at radius 3 is 2.46 bits per heavy atom. The number of piperidine rings is 1. The number of ether oxygens (including phenoxy) is 1. The maximum absolute atomic E-state index is 13.7. The van der Waals surface area contributed by atoms with Gasteiger partial charge in [0.05, 0.1) is 26.2 Å². The molecule has 3 aliphatic heterocycles. The van der Waals surface area contributed by atoms with Gasteiger partial charge in [0.15, 0.2) is 0 Å². The first-order valence-corrected chi connectivity index (χ1v) is 14.5. The number of hydrogen-bond donors (Lipinski definition) is 0. The molecule has 0 N–H and O–H groups in total. The largest absolute Gasteiger partial charge is 0.633 e. The van der Waals surface area contributed by atoms with Crippen molar-refractivity contribution in [3.8, 4) is 28.3 Å². The van der Waals surface area contributed by atoms with E-state index in [0.717, 1.165) is 58.5 Å². The van der Waals surface area contributed by atoms with Gasteiger partial charge in [-0.25, -0.2) is 0 Å². The molecule has 7 rings (SSSR count). The predicted octanol–water partition coefficient (Wildman–Crippen LogP) is 5.98. The van der Waals surface area contributed by atoms with Crippen molar-refractivity contribution in [1.82, 2.24) is 10.2 Å². The molecule has 41 heavy (non-hydrogen) atoms. The molecule has 1 aromatic heterocycles. The lowest BCUT2D eigenvalue weighted by molar-refractivity contribution is -0.885. The van der Waals surface area contributed by atoms with Crippen molar-refractivity contribution < 1.29 is 18.6 Å². The number of aryl methyl sites for hydroxylation is 2. The highest BCUT2D eigenvalue weighted by molar-refractivity contribution is 6.07. The van der Waals surface area contributed by atoms with E-state index in [9.17, 15) is 10.0 Å². The number of carbonyl (C=O) groups is 1. The third-order valence-corrected chi connectivity index (χ3v) is 9.41. The number of anilines is 1. The van der Waals surface area contributed by atoms with Gasteiger partial charge in [-0.05, 0) is 78.9 Å². The summed E-state index contributed by atoms with van der Waals surface area (Å²) >= 11 is 0. The summed E-state index contributed by atoms with van der Waals surface area (Å²) < 4.78 is 11.6. The van der Waals surface area contributed by atoms with E-state index in [0.29, 0.717) is 50.1 Å². The third-order valence-electron chi connectivity index (χ3n) is 9.41. The molecule has 4 heterocycles. The molecule has 210 valence electrons. The van der Waals surface area contributed by atoms with Gasteiger partial charge in [0.25, 0.3) is 5.91 Å². The second-order valence-electron chi connectivity index (χ2n) is 11.8. The maximum Gasteiger partial charge on any atom is 0.258 e. The summed E-state index contributed by atoms with van der Waals surface area (Å²) in [5.41, 5.74) is 7.95. The molecule has 4 aromatic rings. The van der Waals surface area contributed by atoms with Crippen LogP contribution >= 0.6 is 0 Å². The van der Waals surface area contributed by atoms with Crippen LogP contribution in [-0.4, -0.2) is 53.5 Å². The minimum absolute atomic E-state index is 0.00641. The van der Waals surface area contributed by atoms with Crippen LogP contribution in [0.1, 0.15) is 52.7 Å². The predicted molar refractivity (Wildman–Crippen MR) is 157 cm³/mol. The number of amides is 1.